The van der Waals surface area contributed by atoms with E-state index >= 15 is 0 Å². The minimum atomic E-state index is -4.51. The van der Waals surface area contributed by atoms with Crippen LogP contribution in [0.3, 0.4) is 0 Å². The summed E-state index contributed by atoms with van der Waals surface area (Å²) in [4.78, 5) is 12.0. The van der Waals surface area contributed by atoms with Crippen molar-refractivity contribution in [1.29, 1.82) is 0 Å². The first-order valence-corrected chi connectivity index (χ1v) is 8.66. The van der Waals surface area contributed by atoms with E-state index in [4.69, 9.17) is 4.74 Å². The molecule has 0 spiro atoms. The standard InChI is InChI=1S/C22H17F3O3/c1-21(2)16-7-4-11(20(27)28-3)8-15(16)19-13-6-5-12(22(23,24)25)9-14(13)18(26)10-17(19)21/h4-10,26H,1-3H3. The van der Waals surface area contributed by atoms with Crippen LogP contribution in [0.5, 0.6) is 5.75 Å². The van der Waals surface area contributed by atoms with Crippen LogP contribution in [0.25, 0.3) is 21.9 Å². The Morgan fingerprint density at radius 1 is 1.00 bits per heavy atom. The third-order valence-corrected chi connectivity index (χ3v) is 5.50. The van der Waals surface area contributed by atoms with Crippen molar-refractivity contribution in [2.45, 2.75) is 25.4 Å². The Balaban J connectivity index is 2.07. The van der Waals surface area contributed by atoms with Gasteiger partial charge < -0.3 is 9.84 Å². The van der Waals surface area contributed by atoms with Gasteiger partial charge in [0, 0.05) is 10.8 Å². The van der Waals surface area contributed by atoms with E-state index in [-0.39, 0.29) is 11.1 Å². The lowest BCUT2D eigenvalue weighted by molar-refractivity contribution is -0.137. The number of phenolic OH excluding ortho intramolecular Hbond substituents is 1. The maximum Gasteiger partial charge on any atom is 0.416 e. The maximum atomic E-state index is 13.1. The van der Waals surface area contributed by atoms with Gasteiger partial charge in [-0.05, 0) is 58.0 Å². The van der Waals surface area contributed by atoms with E-state index in [1.807, 2.05) is 19.9 Å². The van der Waals surface area contributed by atoms with Gasteiger partial charge >= 0.3 is 12.1 Å². The number of aromatic hydroxyl groups is 1. The van der Waals surface area contributed by atoms with Crippen LogP contribution in [0.4, 0.5) is 13.2 Å². The summed E-state index contributed by atoms with van der Waals surface area (Å²) in [6.45, 7) is 3.95. The highest BCUT2D eigenvalue weighted by Crippen LogP contribution is 2.53. The summed E-state index contributed by atoms with van der Waals surface area (Å²) in [6, 6.07) is 10.1. The van der Waals surface area contributed by atoms with E-state index in [2.05, 4.69) is 0 Å². The first-order valence-electron chi connectivity index (χ1n) is 8.66. The second-order valence-corrected chi connectivity index (χ2v) is 7.45. The van der Waals surface area contributed by atoms with Crippen molar-refractivity contribution in [2.24, 2.45) is 0 Å². The molecule has 0 atom stereocenters. The summed E-state index contributed by atoms with van der Waals surface area (Å²) in [5.41, 5.74) is 2.28. The van der Waals surface area contributed by atoms with Gasteiger partial charge in [-0.2, -0.15) is 13.2 Å². The number of phenols is 1. The second kappa shape index (κ2) is 5.74. The van der Waals surface area contributed by atoms with E-state index < -0.39 is 23.1 Å². The van der Waals surface area contributed by atoms with Gasteiger partial charge in [0.25, 0.3) is 0 Å². The van der Waals surface area contributed by atoms with Gasteiger partial charge in [-0.15, -0.1) is 0 Å². The zero-order chi connectivity index (χ0) is 20.4. The number of hydrogen-bond acceptors (Lipinski definition) is 3. The van der Waals surface area contributed by atoms with Crippen molar-refractivity contribution in [3.8, 4) is 16.9 Å². The van der Waals surface area contributed by atoms with Crippen LogP contribution in [0.15, 0.2) is 42.5 Å². The molecule has 6 heteroatoms. The van der Waals surface area contributed by atoms with Crippen LogP contribution in [-0.4, -0.2) is 18.2 Å². The molecule has 0 saturated carbocycles. The predicted octanol–water partition coefficient (Wildman–Crippen LogP) is 5.66. The Morgan fingerprint density at radius 2 is 1.71 bits per heavy atom. The summed E-state index contributed by atoms with van der Waals surface area (Å²) in [5, 5.41) is 11.1. The summed E-state index contributed by atoms with van der Waals surface area (Å²) in [5.74, 6) is -0.689. The van der Waals surface area contributed by atoms with Gasteiger partial charge in [-0.25, -0.2) is 4.79 Å². The molecule has 0 saturated heterocycles. The number of hydrogen-bond donors (Lipinski definition) is 1. The largest absolute Gasteiger partial charge is 0.507 e. The summed E-state index contributed by atoms with van der Waals surface area (Å²) >= 11 is 0. The molecule has 1 N–H and O–H groups in total. The molecule has 0 unspecified atom stereocenters. The van der Waals surface area contributed by atoms with Crippen LogP contribution in [0.1, 0.15) is 40.9 Å². The molecule has 0 amide bonds. The number of carbonyl (C=O) groups is 1. The fourth-order valence-electron chi connectivity index (χ4n) is 4.05. The lowest BCUT2D eigenvalue weighted by Gasteiger charge is -2.22. The molecule has 4 rings (SSSR count). The van der Waals surface area contributed by atoms with Gasteiger partial charge in [-0.1, -0.05) is 26.0 Å². The number of carbonyl (C=O) groups excluding carboxylic acids is 1. The Bertz CT molecular complexity index is 1140. The molecule has 0 fully saturated rings. The third-order valence-electron chi connectivity index (χ3n) is 5.50. The van der Waals surface area contributed by atoms with Crippen molar-refractivity contribution in [3.63, 3.8) is 0 Å². The molecule has 0 bridgehead atoms. The topological polar surface area (TPSA) is 46.5 Å². The number of benzene rings is 3. The van der Waals surface area contributed by atoms with Crippen LogP contribution in [0, 0.1) is 0 Å². The summed E-state index contributed by atoms with van der Waals surface area (Å²) in [7, 11) is 1.29. The molecule has 0 heterocycles. The molecule has 3 aromatic rings. The predicted molar refractivity (Wildman–Crippen MR) is 99.5 cm³/mol. The first-order chi connectivity index (χ1) is 13.1. The lowest BCUT2D eigenvalue weighted by atomic mass is 9.81. The number of rotatable bonds is 1. The van der Waals surface area contributed by atoms with Crippen molar-refractivity contribution < 1.29 is 27.8 Å². The number of fused-ring (bicyclic) bond motifs is 5. The molecular formula is C22H17F3O3. The summed E-state index contributed by atoms with van der Waals surface area (Å²) in [6.07, 6.45) is -4.51. The molecular weight excluding hydrogens is 369 g/mol. The molecule has 1 aliphatic rings. The number of alkyl halides is 3. The van der Waals surface area contributed by atoms with Crippen molar-refractivity contribution in [2.75, 3.05) is 7.11 Å². The molecule has 3 nitrogen and oxygen atoms in total. The minimum absolute atomic E-state index is 0.126. The van der Waals surface area contributed by atoms with Gasteiger partial charge in [0.15, 0.2) is 0 Å². The first kappa shape index (κ1) is 18.3. The highest BCUT2D eigenvalue weighted by atomic mass is 19.4. The van der Waals surface area contributed by atoms with Crippen LogP contribution in [0.2, 0.25) is 0 Å². The minimum Gasteiger partial charge on any atom is -0.507 e. The van der Waals surface area contributed by atoms with Crippen LogP contribution >= 0.6 is 0 Å². The zero-order valence-electron chi connectivity index (χ0n) is 15.4. The number of ether oxygens (including phenoxy) is 1. The zero-order valence-corrected chi connectivity index (χ0v) is 15.4. The number of methoxy groups -OCH3 is 1. The van der Waals surface area contributed by atoms with E-state index in [9.17, 15) is 23.1 Å². The Hall–Kier alpha value is -3.02. The molecule has 0 aliphatic heterocycles. The second-order valence-electron chi connectivity index (χ2n) is 7.45. The monoisotopic (exact) mass is 386 g/mol. The molecule has 144 valence electrons. The van der Waals surface area contributed by atoms with E-state index in [0.717, 1.165) is 34.4 Å². The van der Waals surface area contributed by atoms with Gasteiger partial charge in [0.1, 0.15) is 5.75 Å². The van der Waals surface area contributed by atoms with E-state index in [1.54, 1.807) is 12.1 Å². The Kier molecular flexibility index (Phi) is 3.76. The summed E-state index contributed by atoms with van der Waals surface area (Å²) < 4.78 is 44.2. The average Bonchev–Trinajstić information content (AvgIpc) is 2.87. The molecule has 0 radical (unpaired) electrons. The maximum absolute atomic E-state index is 13.1. The van der Waals surface area contributed by atoms with Crippen molar-refractivity contribution in [3.05, 3.63) is 64.7 Å². The van der Waals surface area contributed by atoms with Gasteiger partial charge in [0.05, 0.1) is 18.2 Å². The van der Waals surface area contributed by atoms with Gasteiger partial charge in [0.2, 0.25) is 0 Å². The van der Waals surface area contributed by atoms with Gasteiger partial charge in [-0.3, -0.25) is 0 Å². The van der Waals surface area contributed by atoms with E-state index in [0.29, 0.717) is 10.9 Å². The SMILES string of the molecule is COC(=O)c1ccc2c(c1)-c1c(cc(O)c3cc(C(F)(F)F)ccc13)C2(C)C. The molecule has 1 aliphatic carbocycles. The Morgan fingerprint density at radius 3 is 2.36 bits per heavy atom. The highest BCUT2D eigenvalue weighted by Gasteiger charge is 2.38. The molecule has 28 heavy (non-hydrogen) atoms. The van der Waals surface area contributed by atoms with E-state index in [1.165, 1.54) is 19.2 Å². The third kappa shape index (κ3) is 2.47. The fraction of sp³-hybridized carbons (Fsp3) is 0.227. The lowest BCUT2D eigenvalue weighted by Crippen LogP contribution is -2.15. The number of esters is 1. The average molecular weight is 386 g/mol. The number of halogens is 3. The molecule has 0 aromatic heterocycles. The van der Waals surface area contributed by atoms with Crippen molar-refractivity contribution >= 4 is 16.7 Å². The smallest absolute Gasteiger partial charge is 0.416 e. The normalized spacial score (nSPS) is 14.6. The van der Waals surface area contributed by atoms with Crippen LogP contribution in [-0.2, 0) is 16.3 Å². The van der Waals surface area contributed by atoms with Crippen LogP contribution < -0.4 is 0 Å². The highest BCUT2D eigenvalue weighted by molar-refractivity contribution is 6.06. The quantitative estimate of drug-likeness (QED) is 0.549. The fourth-order valence-corrected chi connectivity index (χ4v) is 4.05. The van der Waals surface area contributed by atoms with Crippen molar-refractivity contribution in [1.82, 2.24) is 0 Å². The molecule has 3 aromatic carbocycles. The Labute approximate surface area is 159 Å².